The lowest BCUT2D eigenvalue weighted by Gasteiger charge is -2.33. The molecule has 1 heterocycles. The Morgan fingerprint density at radius 1 is 0.636 bits per heavy atom. The van der Waals surface area contributed by atoms with E-state index in [2.05, 4.69) is 0 Å². The van der Waals surface area contributed by atoms with Gasteiger partial charge in [0.05, 0.1) is 31.1 Å². The minimum absolute atomic E-state index is 0.00273. The van der Waals surface area contributed by atoms with Crippen LogP contribution in [0.5, 0.6) is 0 Å². The van der Waals surface area contributed by atoms with Crippen LogP contribution in [0.25, 0.3) is 0 Å². The van der Waals surface area contributed by atoms with Crippen molar-refractivity contribution < 1.29 is 38.1 Å². The van der Waals surface area contributed by atoms with Gasteiger partial charge in [0.15, 0.2) is 9.84 Å². The van der Waals surface area contributed by atoms with Crippen LogP contribution in [0.15, 0.2) is 0 Å². The largest absolute Gasteiger partial charge is 0.480 e. The van der Waals surface area contributed by atoms with Crippen molar-refractivity contribution in [3.05, 3.63) is 0 Å². The summed E-state index contributed by atoms with van der Waals surface area (Å²) in [5.41, 5.74) is 0. The molecule has 0 aromatic heterocycles. The third-order valence-corrected chi connectivity index (χ3v) is 7.25. The topological polar surface area (TPSA) is 159 Å². The molecule has 0 unspecified atom stereocenters. The molecule has 0 aromatic rings. The van der Waals surface area contributed by atoms with Crippen LogP contribution in [-0.4, -0.2) is 151 Å². The summed E-state index contributed by atoms with van der Waals surface area (Å²) in [6.45, 7) is 4.53. The van der Waals surface area contributed by atoms with E-state index in [1.165, 1.54) is 0 Å². The molecule has 0 spiro atoms. The molecule has 0 aromatic carbocycles. The van der Waals surface area contributed by atoms with E-state index in [1.807, 2.05) is 11.8 Å². The first-order valence-corrected chi connectivity index (χ1v) is 13.1. The van der Waals surface area contributed by atoms with Crippen LogP contribution in [0.1, 0.15) is 19.8 Å². The Morgan fingerprint density at radius 3 is 1.27 bits per heavy atom. The first kappa shape index (κ1) is 29.2. The molecule has 13 heteroatoms. The molecule has 192 valence electrons. The fourth-order valence-corrected chi connectivity index (χ4v) is 5.05. The molecule has 1 rings (SSSR count). The second-order valence-corrected chi connectivity index (χ2v) is 10.7. The molecule has 0 bridgehead atoms. The Kier molecular flexibility index (Phi) is 13.4. The highest BCUT2D eigenvalue weighted by molar-refractivity contribution is 7.91. The lowest BCUT2D eigenvalue weighted by Crippen LogP contribution is -2.49. The van der Waals surface area contributed by atoms with Crippen LogP contribution in [-0.2, 0) is 24.2 Å². The molecular weight excluding hydrogens is 456 g/mol. The van der Waals surface area contributed by atoms with Crippen LogP contribution in [0.4, 0.5) is 0 Å². The van der Waals surface area contributed by atoms with Gasteiger partial charge < -0.3 is 15.3 Å². The Balaban J connectivity index is 2.93. The van der Waals surface area contributed by atoms with Crippen LogP contribution >= 0.6 is 0 Å². The molecule has 1 fully saturated rings. The summed E-state index contributed by atoms with van der Waals surface area (Å²) >= 11 is 0. The number of sulfone groups is 1. The van der Waals surface area contributed by atoms with E-state index in [0.29, 0.717) is 65.3 Å². The molecule has 3 N–H and O–H groups in total. The predicted molar refractivity (Wildman–Crippen MR) is 122 cm³/mol. The van der Waals surface area contributed by atoms with Gasteiger partial charge >= 0.3 is 17.9 Å². The van der Waals surface area contributed by atoms with E-state index < -0.39 is 27.7 Å². The van der Waals surface area contributed by atoms with Crippen molar-refractivity contribution in [3.8, 4) is 0 Å². The lowest BCUT2D eigenvalue weighted by molar-refractivity contribution is -0.140. The van der Waals surface area contributed by atoms with Gasteiger partial charge in [0.25, 0.3) is 0 Å². The number of unbranched alkanes of at least 4 members (excludes halogenated alkanes) is 1. The average Bonchev–Trinajstić information content (AvgIpc) is 2.70. The number of rotatable bonds is 12. The van der Waals surface area contributed by atoms with Crippen LogP contribution in [0, 0.1) is 0 Å². The Hall–Kier alpha value is -1.80. The second-order valence-electron chi connectivity index (χ2n) is 8.36. The van der Waals surface area contributed by atoms with Crippen molar-refractivity contribution >= 4 is 27.7 Å². The van der Waals surface area contributed by atoms with Gasteiger partial charge in [-0.05, 0) is 6.42 Å². The van der Waals surface area contributed by atoms with Crippen molar-refractivity contribution in [3.63, 3.8) is 0 Å². The maximum absolute atomic E-state index is 12.3. The average molecular weight is 495 g/mol. The third kappa shape index (κ3) is 14.1. The van der Waals surface area contributed by atoms with Gasteiger partial charge in [-0.25, -0.2) is 8.42 Å². The second kappa shape index (κ2) is 15.2. The number of aliphatic carboxylic acids is 3. The molecule has 0 radical (unpaired) electrons. The van der Waals surface area contributed by atoms with Crippen molar-refractivity contribution in [1.29, 1.82) is 0 Å². The zero-order valence-electron chi connectivity index (χ0n) is 19.4. The summed E-state index contributed by atoms with van der Waals surface area (Å²) in [5.74, 6) is -2.86. The quantitative estimate of drug-likeness (QED) is 0.294. The summed E-state index contributed by atoms with van der Waals surface area (Å²) in [6.07, 6.45) is 1.39. The highest BCUT2D eigenvalue weighted by Crippen LogP contribution is 2.03. The Labute approximate surface area is 195 Å². The van der Waals surface area contributed by atoms with Crippen molar-refractivity contribution in [2.45, 2.75) is 19.8 Å². The summed E-state index contributed by atoms with van der Waals surface area (Å²) < 4.78 is 24.6. The number of hydrogen-bond donors (Lipinski definition) is 3. The van der Waals surface area contributed by atoms with Crippen LogP contribution in [0.2, 0.25) is 0 Å². The monoisotopic (exact) mass is 494 g/mol. The minimum Gasteiger partial charge on any atom is -0.480 e. The number of carboxylic acids is 3. The third-order valence-electron chi connectivity index (χ3n) is 5.53. The first-order chi connectivity index (χ1) is 15.5. The molecule has 0 atom stereocenters. The van der Waals surface area contributed by atoms with E-state index in [9.17, 15) is 38.1 Å². The van der Waals surface area contributed by atoms with Gasteiger partial charge in [0, 0.05) is 58.9 Å². The van der Waals surface area contributed by atoms with Gasteiger partial charge in [0.1, 0.15) is 0 Å². The fraction of sp³-hybridized carbons (Fsp3) is 0.850. The number of hydrogen-bond acceptors (Lipinski definition) is 9. The Morgan fingerprint density at radius 2 is 0.970 bits per heavy atom. The van der Waals surface area contributed by atoms with E-state index >= 15 is 0 Å². The number of nitrogens with zero attached hydrogens (tertiary/aromatic N) is 4. The zero-order valence-corrected chi connectivity index (χ0v) is 20.2. The molecule has 1 aliphatic heterocycles. The molecule has 33 heavy (non-hydrogen) atoms. The summed E-state index contributed by atoms with van der Waals surface area (Å²) in [5, 5.41) is 27.7. The van der Waals surface area contributed by atoms with Crippen LogP contribution < -0.4 is 0 Å². The van der Waals surface area contributed by atoms with Gasteiger partial charge in [-0.3, -0.25) is 34.0 Å². The van der Waals surface area contributed by atoms with Crippen molar-refractivity contribution in [2.75, 3.05) is 90.0 Å². The van der Waals surface area contributed by atoms with Crippen LogP contribution in [0.3, 0.4) is 0 Å². The van der Waals surface area contributed by atoms with E-state index in [1.54, 1.807) is 14.7 Å². The maximum atomic E-state index is 12.3. The van der Waals surface area contributed by atoms with E-state index in [4.69, 9.17) is 0 Å². The lowest BCUT2D eigenvalue weighted by atomic mass is 10.3. The maximum Gasteiger partial charge on any atom is 0.317 e. The SMILES string of the molecule is CCCCS(=O)(=O)CCN1CCN(CC(=O)O)CCN(CC(=O)O)CCN(CC(=O)O)CC1. The van der Waals surface area contributed by atoms with Gasteiger partial charge in [-0.1, -0.05) is 13.3 Å². The highest BCUT2D eigenvalue weighted by atomic mass is 32.2. The van der Waals surface area contributed by atoms with Crippen molar-refractivity contribution in [2.24, 2.45) is 0 Å². The minimum atomic E-state index is -3.20. The molecule has 0 aliphatic carbocycles. The molecule has 1 saturated heterocycles. The van der Waals surface area contributed by atoms with Gasteiger partial charge in [0.2, 0.25) is 0 Å². The van der Waals surface area contributed by atoms with Crippen molar-refractivity contribution in [1.82, 2.24) is 19.6 Å². The van der Waals surface area contributed by atoms with E-state index in [0.717, 1.165) is 6.42 Å². The zero-order chi connectivity index (χ0) is 24.9. The van der Waals surface area contributed by atoms with Gasteiger partial charge in [-0.15, -0.1) is 0 Å². The number of carboxylic acid groups (broad SMARTS) is 3. The fourth-order valence-electron chi connectivity index (χ4n) is 3.58. The smallest absolute Gasteiger partial charge is 0.317 e. The van der Waals surface area contributed by atoms with E-state index in [-0.39, 0.29) is 31.1 Å². The number of carbonyl (C=O) groups is 3. The molecule has 0 amide bonds. The molecule has 12 nitrogen and oxygen atoms in total. The highest BCUT2D eigenvalue weighted by Gasteiger charge is 2.21. The molecule has 0 saturated carbocycles. The van der Waals surface area contributed by atoms with Gasteiger partial charge in [-0.2, -0.15) is 0 Å². The molecular formula is C20H38N4O8S. The molecule has 1 aliphatic rings. The summed E-state index contributed by atoms with van der Waals surface area (Å²) in [4.78, 5) is 40.8. The predicted octanol–water partition coefficient (Wildman–Crippen LogP) is -1.32. The first-order valence-electron chi connectivity index (χ1n) is 11.3. The Bertz CT molecular complexity index is 702. The summed E-state index contributed by atoms with van der Waals surface area (Å²) in [6, 6.07) is 0. The standard InChI is InChI=1S/C20H38N4O8S/c1-2-3-13-33(31,32)14-12-21-4-6-22(15-18(25)26)8-10-24(17-20(29)30)11-9-23(7-5-21)16-19(27)28/h2-17H2,1H3,(H,25,26)(H,27,28)(H,29,30). The summed E-state index contributed by atoms with van der Waals surface area (Å²) in [7, 11) is -3.20. The normalized spacial score (nSPS) is 18.9.